The van der Waals surface area contributed by atoms with E-state index in [0.29, 0.717) is 21.3 Å². The summed E-state index contributed by atoms with van der Waals surface area (Å²) < 4.78 is 0.548. The Morgan fingerprint density at radius 2 is 1.43 bits per heavy atom. The number of carbonyl (C=O) groups is 1. The van der Waals surface area contributed by atoms with Crippen molar-refractivity contribution in [2.24, 2.45) is 0 Å². The lowest BCUT2D eigenvalue weighted by Crippen LogP contribution is -2.20. The first-order valence-corrected chi connectivity index (χ1v) is 7.69. The number of benzene rings is 2. The zero-order valence-electron chi connectivity index (χ0n) is 11.9. The van der Waals surface area contributed by atoms with E-state index in [1.807, 2.05) is 36.4 Å². The maximum Gasteiger partial charge on any atom is 0.342 e. The molecule has 3 aromatic rings. The molecule has 3 rings (SSSR count). The average Bonchev–Trinajstić information content (AvgIpc) is 2.57. The summed E-state index contributed by atoms with van der Waals surface area (Å²) in [6, 6.07) is 18.3. The van der Waals surface area contributed by atoms with Crippen LogP contribution >= 0.6 is 15.9 Å². The molecule has 5 heteroatoms. The van der Waals surface area contributed by atoms with Gasteiger partial charge in [0, 0.05) is 5.56 Å². The molecule has 1 aromatic heterocycles. The van der Waals surface area contributed by atoms with Gasteiger partial charge >= 0.3 is 5.97 Å². The summed E-state index contributed by atoms with van der Waals surface area (Å²) in [4.78, 5) is 26.6. The van der Waals surface area contributed by atoms with Gasteiger partial charge in [-0.3, -0.25) is 4.79 Å². The van der Waals surface area contributed by atoms with E-state index in [9.17, 15) is 14.7 Å². The van der Waals surface area contributed by atoms with Gasteiger partial charge in [0.05, 0.1) is 10.2 Å². The molecule has 0 spiro atoms. The Morgan fingerprint density at radius 1 is 0.913 bits per heavy atom. The van der Waals surface area contributed by atoms with Gasteiger partial charge < -0.3 is 10.1 Å². The van der Waals surface area contributed by atoms with Crippen LogP contribution in [0.1, 0.15) is 10.4 Å². The Bertz CT molecular complexity index is 918. The van der Waals surface area contributed by atoms with E-state index < -0.39 is 11.5 Å². The average molecular weight is 370 g/mol. The molecule has 2 aromatic carbocycles. The predicted octanol–water partition coefficient (Wildman–Crippen LogP) is 4.17. The standard InChI is InChI=1S/C18H12BrNO3/c19-15-13(11-7-3-1-4-8-11)14(18(22)23)17(21)20-16(15)12-9-5-2-6-10-12/h1-10H,(H,20,21)(H,22,23). The van der Waals surface area contributed by atoms with Gasteiger partial charge in [-0.15, -0.1) is 0 Å². The van der Waals surface area contributed by atoms with Crippen LogP contribution in [0.5, 0.6) is 0 Å². The van der Waals surface area contributed by atoms with Crippen molar-refractivity contribution >= 4 is 21.9 Å². The van der Waals surface area contributed by atoms with Crippen LogP contribution < -0.4 is 5.56 Å². The molecule has 0 bridgehead atoms. The largest absolute Gasteiger partial charge is 0.477 e. The lowest BCUT2D eigenvalue weighted by Gasteiger charge is -2.13. The third kappa shape index (κ3) is 2.83. The molecule has 4 nitrogen and oxygen atoms in total. The summed E-state index contributed by atoms with van der Waals surface area (Å²) in [5, 5.41) is 9.45. The maximum absolute atomic E-state index is 12.3. The Kier molecular flexibility index (Phi) is 4.12. The van der Waals surface area contributed by atoms with Crippen LogP contribution in [-0.2, 0) is 0 Å². The molecule has 0 radical (unpaired) electrons. The van der Waals surface area contributed by atoms with Crippen molar-refractivity contribution in [2.75, 3.05) is 0 Å². The highest BCUT2D eigenvalue weighted by molar-refractivity contribution is 9.10. The molecule has 23 heavy (non-hydrogen) atoms. The number of rotatable bonds is 3. The van der Waals surface area contributed by atoms with Gasteiger partial charge in [-0.25, -0.2) is 4.79 Å². The van der Waals surface area contributed by atoms with Crippen LogP contribution in [0.25, 0.3) is 22.4 Å². The van der Waals surface area contributed by atoms with Crippen molar-refractivity contribution in [3.8, 4) is 22.4 Å². The normalized spacial score (nSPS) is 10.5. The maximum atomic E-state index is 12.3. The van der Waals surface area contributed by atoms with E-state index in [0.717, 1.165) is 5.56 Å². The molecule has 0 fully saturated rings. The molecule has 0 saturated heterocycles. The van der Waals surface area contributed by atoms with Crippen LogP contribution in [0.2, 0.25) is 0 Å². The summed E-state index contributed by atoms with van der Waals surface area (Å²) in [5.41, 5.74) is 1.49. The quantitative estimate of drug-likeness (QED) is 0.727. The van der Waals surface area contributed by atoms with Gasteiger partial charge in [0.2, 0.25) is 0 Å². The van der Waals surface area contributed by atoms with Crippen molar-refractivity contribution in [1.29, 1.82) is 0 Å². The Labute approximate surface area is 140 Å². The first-order chi connectivity index (χ1) is 11.1. The Hall–Kier alpha value is -2.66. The van der Waals surface area contributed by atoms with Gasteiger partial charge in [-0.1, -0.05) is 60.7 Å². The van der Waals surface area contributed by atoms with Crippen molar-refractivity contribution in [2.45, 2.75) is 0 Å². The number of aromatic amines is 1. The first-order valence-electron chi connectivity index (χ1n) is 6.89. The van der Waals surface area contributed by atoms with E-state index >= 15 is 0 Å². The van der Waals surface area contributed by atoms with Gasteiger partial charge in [-0.05, 0) is 27.1 Å². The number of aromatic carboxylic acids is 1. The van der Waals surface area contributed by atoms with Crippen LogP contribution in [-0.4, -0.2) is 16.1 Å². The molecular weight excluding hydrogens is 358 g/mol. The van der Waals surface area contributed by atoms with E-state index in [2.05, 4.69) is 20.9 Å². The molecule has 0 atom stereocenters. The molecule has 0 unspecified atom stereocenters. The second-order valence-electron chi connectivity index (χ2n) is 4.93. The topological polar surface area (TPSA) is 70.2 Å². The molecule has 114 valence electrons. The van der Waals surface area contributed by atoms with Crippen molar-refractivity contribution in [3.63, 3.8) is 0 Å². The lowest BCUT2D eigenvalue weighted by molar-refractivity contribution is 0.0696. The van der Waals surface area contributed by atoms with Crippen molar-refractivity contribution in [1.82, 2.24) is 4.98 Å². The number of halogens is 1. The molecule has 0 aliphatic rings. The number of hydrogen-bond donors (Lipinski definition) is 2. The highest BCUT2D eigenvalue weighted by atomic mass is 79.9. The van der Waals surface area contributed by atoms with Gasteiger partial charge in [0.15, 0.2) is 0 Å². The monoisotopic (exact) mass is 369 g/mol. The zero-order valence-corrected chi connectivity index (χ0v) is 13.5. The number of carboxylic acid groups (broad SMARTS) is 1. The minimum absolute atomic E-state index is 0.275. The number of carboxylic acids is 1. The van der Waals surface area contributed by atoms with Crippen LogP contribution in [0.15, 0.2) is 69.9 Å². The Balaban J connectivity index is 2.38. The van der Waals surface area contributed by atoms with Crippen LogP contribution in [0.3, 0.4) is 0 Å². The molecule has 2 N–H and O–H groups in total. The highest BCUT2D eigenvalue weighted by Crippen LogP contribution is 2.36. The summed E-state index contributed by atoms with van der Waals surface area (Å²) in [6.07, 6.45) is 0. The smallest absolute Gasteiger partial charge is 0.342 e. The van der Waals surface area contributed by atoms with Gasteiger partial charge in [-0.2, -0.15) is 0 Å². The van der Waals surface area contributed by atoms with E-state index in [1.165, 1.54) is 0 Å². The molecular formula is C18H12BrNO3. The van der Waals surface area contributed by atoms with Gasteiger partial charge in [0.1, 0.15) is 5.56 Å². The van der Waals surface area contributed by atoms with E-state index in [4.69, 9.17) is 0 Å². The third-order valence-electron chi connectivity index (χ3n) is 3.49. The fraction of sp³-hybridized carbons (Fsp3) is 0. The molecule has 0 amide bonds. The zero-order chi connectivity index (χ0) is 16.4. The third-order valence-corrected chi connectivity index (χ3v) is 4.29. The number of H-pyrrole nitrogens is 1. The SMILES string of the molecule is O=C(O)c1c(-c2ccccc2)c(Br)c(-c2ccccc2)[nH]c1=O. The predicted molar refractivity (Wildman–Crippen MR) is 92.6 cm³/mol. The van der Waals surface area contributed by atoms with Crippen LogP contribution in [0.4, 0.5) is 0 Å². The fourth-order valence-corrected chi connectivity index (χ4v) is 3.22. The summed E-state index contributed by atoms with van der Waals surface area (Å²) in [5.74, 6) is -1.26. The second-order valence-corrected chi connectivity index (χ2v) is 5.72. The summed E-state index contributed by atoms with van der Waals surface area (Å²) in [6.45, 7) is 0. The summed E-state index contributed by atoms with van der Waals surface area (Å²) >= 11 is 3.47. The minimum Gasteiger partial charge on any atom is -0.477 e. The molecule has 0 saturated carbocycles. The number of aromatic nitrogens is 1. The number of nitrogens with one attached hydrogen (secondary N) is 1. The minimum atomic E-state index is -1.26. The number of pyridine rings is 1. The molecule has 0 aliphatic heterocycles. The van der Waals surface area contributed by atoms with E-state index in [1.54, 1.807) is 24.3 Å². The summed E-state index contributed by atoms with van der Waals surface area (Å²) in [7, 11) is 0. The lowest BCUT2D eigenvalue weighted by atomic mass is 9.98. The number of hydrogen-bond acceptors (Lipinski definition) is 2. The Morgan fingerprint density at radius 3 is 1.96 bits per heavy atom. The van der Waals surface area contributed by atoms with Crippen LogP contribution in [0, 0.1) is 0 Å². The molecule has 0 aliphatic carbocycles. The van der Waals surface area contributed by atoms with Gasteiger partial charge in [0.25, 0.3) is 5.56 Å². The van der Waals surface area contributed by atoms with Crippen molar-refractivity contribution in [3.05, 3.63) is 81.1 Å². The van der Waals surface area contributed by atoms with E-state index in [-0.39, 0.29) is 5.56 Å². The highest BCUT2D eigenvalue weighted by Gasteiger charge is 2.22. The first kappa shape index (κ1) is 15.2. The van der Waals surface area contributed by atoms with Crippen molar-refractivity contribution < 1.29 is 9.90 Å². The fourth-order valence-electron chi connectivity index (χ4n) is 2.46. The second kappa shape index (κ2) is 6.22. The molecule has 1 heterocycles.